The molecule has 1 aliphatic rings. The highest BCUT2D eigenvalue weighted by molar-refractivity contribution is 5.94. The molecule has 5 nitrogen and oxygen atoms in total. The maximum atomic E-state index is 12.6. The lowest BCUT2D eigenvalue weighted by molar-refractivity contribution is -0.128. The number of anilines is 1. The first-order valence-electron chi connectivity index (χ1n) is 7.89. The van der Waals surface area contributed by atoms with Gasteiger partial charge in [0.05, 0.1) is 0 Å². The molecule has 1 heterocycles. The van der Waals surface area contributed by atoms with Crippen LogP contribution in [0.1, 0.15) is 30.6 Å². The predicted molar refractivity (Wildman–Crippen MR) is 88.2 cm³/mol. The molecular weight excluding hydrogens is 278 g/mol. The van der Waals surface area contributed by atoms with E-state index in [0.717, 1.165) is 25.2 Å². The summed E-state index contributed by atoms with van der Waals surface area (Å²) < 4.78 is 0. The van der Waals surface area contributed by atoms with E-state index in [1.165, 1.54) is 0 Å². The van der Waals surface area contributed by atoms with Crippen LogP contribution in [0.3, 0.4) is 0 Å². The summed E-state index contributed by atoms with van der Waals surface area (Å²) in [4.78, 5) is 29.8. The van der Waals surface area contributed by atoms with Crippen molar-refractivity contribution < 1.29 is 9.59 Å². The number of hydrogen-bond acceptors (Lipinski definition) is 3. The van der Waals surface area contributed by atoms with Crippen LogP contribution in [-0.2, 0) is 4.79 Å². The molecule has 1 fully saturated rings. The third-order valence-electron chi connectivity index (χ3n) is 4.26. The highest BCUT2D eigenvalue weighted by atomic mass is 16.2. The van der Waals surface area contributed by atoms with Gasteiger partial charge in [-0.15, -0.1) is 0 Å². The summed E-state index contributed by atoms with van der Waals surface area (Å²) in [5.74, 6) is 0.136. The molecule has 5 heteroatoms. The summed E-state index contributed by atoms with van der Waals surface area (Å²) >= 11 is 0. The Kier molecular flexibility index (Phi) is 5.41. The van der Waals surface area contributed by atoms with E-state index < -0.39 is 0 Å². The Hall–Kier alpha value is -2.04. The van der Waals surface area contributed by atoms with Crippen molar-refractivity contribution >= 4 is 17.5 Å². The van der Waals surface area contributed by atoms with Crippen molar-refractivity contribution in [1.29, 1.82) is 0 Å². The van der Waals surface area contributed by atoms with Crippen LogP contribution >= 0.6 is 0 Å². The lowest BCUT2D eigenvalue weighted by Gasteiger charge is -2.22. The molecule has 1 aromatic carbocycles. The van der Waals surface area contributed by atoms with Crippen LogP contribution in [-0.4, -0.2) is 61.4 Å². The highest BCUT2D eigenvalue weighted by Crippen LogP contribution is 2.16. The first-order valence-corrected chi connectivity index (χ1v) is 7.89. The molecule has 0 aromatic heterocycles. The van der Waals surface area contributed by atoms with Gasteiger partial charge in [0.1, 0.15) is 0 Å². The molecule has 0 unspecified atom stereocenters. The van der Waals surface area contributed by atoms with Gasteiger partial charge in [-0.1, -0.05) is 0 Å². The van der Waals surface area contributed by atoms with Crippen molar-refractivity contribution in [1.82, 2.24) is 9.80 Å². The maximum absolute atomic E-state index is 12.6. The smallest absolute Gasteiger partial charge is 0.253 e. The Morgan fingerprint density at radius 1 is 1.05 bits per heavy atom. The van der Waals surface area contributed by atoms with E-state index in [1.807, 2.05) is 41.1 Å². The van der Waals surface area contributed by atoms with E-state index in [4.69, 9.17) is 0 Å². The molecule has 0 saturated carbocycles. The third-order valence-corrected chi connectivity index (χ3v) is 4.26. The second-order valence-corrected chi connectivity index (χ2v) is 5.71. The number of carbonyl (C=O) groups excluding carboxylic acids is 2. The molecule has 2 rings (SSSR count). The maximum Gasteiger partial charge on any atom is 0.253 e. The van der Waals surface area contributed by atoms with Gasteiger partial charge in [0.15, 0.2) is 0 Å². The van der Waals surface area contributed by atoms with Crippen molar-refractivity contribution in [3.63, 3.8) is 0 Å². The summed E-state index contributed by atoms with van der Waals surface area (Å²) in [5, 5.41) is 0. The Labute approximate surface area is 132 Å². The summed E-state index contributed by atoms with van der Waals surface area (Å²) in [5.41, 5.74) is 1.82. The normalized spacial score (nSPS) is 15.4. The second kappa shape index (κ2) is 7.29. The van der Waals surface area contributed by atoms with Crippen molar-refractivity contribution in [2.75, 3.05) is 44.7 Å². The average Bonchev–Trinajstić information content (AvgIpc) is 2.79. The Balaban J connectivity index is 2.03. The van der Waals surface area contributed by atoms with E-state index in [0.29, 0.717) is 25.2 Å². The Morgan fingerprint density at radius 3 is 2.23 bits per heavy atom. The van der Waals surface area contributed by atoms with Crippen LogP contribution in [0.5, 0.6) is 0 Å². The number of carbonyl (C=O) groups is 2. The average molecular weight is 303 g/mol. The number of hydrogen-bond donors (Lipinski definition) is 0. The SMILES string of the molecule is CCN(C)c1ccc(C(=O)N2CCCN(C(C)=O)CC2)cc1. The molecule has 22 heavy (non-hydrogen) atoms. The molecule has 0 N–H and O–H groups in total. The van der Waals surface area contributed by atoms with Gasteiger partial charge in [-0.25, -0.2) is 0 Å². The van der Waals surface area contributed by atoms with Crippen molar-refractivity contribution in [2.45, 2.75) is 20.3 Å². The first kappa shape index (κ1) is 16.3. The number of nitrogens with zero attached hydrogens (tertiary/aromatic N) is 3. The molecule has 2 amide bonds. The van der Waals surface area contributed by atoms with Crippen LogP contribution in [0, 0.1) is 0 Å². The lowest BCUT2D eigenvalue weighted by atomic mass is 10.1. The van der Waals surface area contributed by atoms with E-state index in [1.54, 1.807) is 6.92 Å². The summed E-state index contributed by atoms with van der Waals surface area (Å²) in [6.45, 7) is 7.28. The Bertz CT molecular complexity index is 527. The number of benzene rings is 1. The third kappa shape index (κ3) is 3.78. The van der Waals surface area contributed by atoms with Gasteiger partial charge in [0.25, 0.3) is 5.91 Å². The molecule has 120 valence electrons. The minimum atomic E-state index is 0.0519. The number of rotatable bonds is 3. The zero-order valence-corrected chi connectivity index (χ0v) is 13.7. The first-order chi connectivity index (χ1) is 10.5. The summed E-state index contributed by atoms with van der Waals surface area (Å²) in [6, 6.07) is 7.74. The van der Waals surface area contributed by atoms with Crippen LogP contribution < -0.4 is 4.90 Å². The highest BCUT2D eigenvalue weighted by Gasteiger charge is 2.21. The van der Waals surface area contributed by atoms with E-state index in [2.05, 4.69) is 11.8 Å². The van der Waals surface area contributed by atoms with Gasteiger partial charge in [0.2, 0.25) is 5.91 Å². The standard InChI is InChI=1S/C17H25N3O2/c1-4-18(3)16-8-6-15(7-9-16)17(22)20-11-5-10-19(12-13-20)14(2)21/h6-9H,4-5,10-13H2,1-3H3. The van der Waals surface area contributed by atoms with Crippen LogP contribution in [0.25, 0.3) is 0 Å². The van der Waals surface area contributed by atoms with Gasteiger partial charge in [-0.2, -0.15) is 0 Å². The van der Waals surface area contributed by atoms with Gasteiger partial charge in [-0.05, 0) is 37.6 Å². The van der Waals surface area contributed by atoms with Crippen molar-refractivity contribution in [2.24, 2.45) is 0 Å². The quantitative estimate of drug-likeness (QED) is 0.856. The molecule has 1 aliphatic heterocycles. The van der Waals surface area contributed by atoms with Crippen LogP contribution in [0.15, 0.2) is 24.3 Å². The predicted octanol–water partition coefficient (Wildman–Crippen LogP) is 1.84. The minimum Gasteiger partial charge on any atom is -0.375 e. The largest absolute Gasteiger partial charge is 0.375 e. The molecule has 0 radical (unpaired) electrons. The fourth-order valence-corrected chi connectivity index (χ4v) is 2.66. The molecule has 0 bridgehead atoms. The van der Waals surface area contributed by atoms with Crippen LogP contribution in [0.4, 0.5) is 5.69 Å². The van der Waals surface area contributed by atoms with E-state index >= 15 is 0 Å². The number of amides is 2. The molecule has 0 spiro atoms. The second-order valence-electron chi connectivity index (χ2n) is 5.71. The van der Waals surface area contributed by atoms with Crippen molar-refractivity contribution in [3.05, 3.63) is 29.8 Å². The van der Waals surface area contributed by atoms with E-state index in [9.17, 15) is 9.59 Å². The van der Waals surface area contributed by atoms with E-state index in [-0.39, 0.29) is 11.8 Å². The zero-order valence-electron chi connectivity index (χ0n) is 13.7. The summed E-state index contributed by atoms with van der Waals surface area (Å²) in [7, 11) is 2.03. The molecular formula is C17H25N3O2. The van der Waals surface area contributed by atoms with Gasteiger partial charge in [-0.3, -0.25) is 9.59 Å². The lowest BCUT2D eigenvalue weighted by Crippen LogP contribution is -2.36. The van der Waals surface area contributed by atoms with Crippen molar-refractivity contribution in [3.8, 4) is 0 Å². The van der Waals surface area contributed by atoms with Gasteiger partial charge >= 0.3 is 0 Å². The van der Waals surface area contributed by atoms with Crippen LogP contribution in [0.2, 0.25) is 0 Å². The molecule has 0 atom stereocenters. The van der Waals surface area contributed by atoms with Gasteiger partial charge < -0.3 is 14.7 Å². The molecule has 0 aliphatic carbocycles. The summed E-state index contributed by atoms with van der Waals surface area (Å²) in [6.07, 6.45) is 0.835. The Morgan fingerprint density at radius 2 is 1.64 bits per heavy atom. The fourth-order valence-electron chi connectivity index (χ4n) is 2.66. The van der Waals surface area contributed by atoms with Gasteiger partial charge in [0, 0.05) is 57.9 Å². The molecule has 1 saturated heterocycles. The minimum absolute atomic E-state index is 0.0519. The fraction of sp³-hybridized carbons (Fsp3) is 0.529. The monoisotopic (exact) mass is 303 g/mol. The topological polar surface area (TPSA) is 43.9 Å². The zero-order chi connectivity index (χ0) is 16.1. The molecule has 1 aromatic rings.